The Balaban J connectivity index is 4.63. The van der Waals surface area contributed by atoms with Crippen LogP contribution in [0.25, 0.3) is 0 Å². The van der Waals surface area contributed by atoms with E-state index in [1.54, 1.807) is 13.8 Å². The monoisotopic (exact) mass is 272 g/mol. The Kier molecular flexibility index (Phi) is 7.01. The third-order valence-corrected chi connectivity index (χ3v) is 2.97. The standard InChI is InChI=1S/C9H18F2N2O3S/c1-3-5-7-12(10)9(14)13(8-6-4-2)17(11,15)16/h3-8H2,1-2H3. The second kappa shape index (κ2) is 7.41. The van der Waals surface area contributed by atoms with Crippen molar-refractivity contribution in [3.63, 3.8) is 0 Å². The summed E-state index contributed by atoms with van der Waals surface area (Å²) in [5.74, 6) is 0. The number of rotatable bonds is 7. The Morgan fingerprint density at radius 3 is 2.00 bits per heavy atom. The molecule has 0 atom stereocenters. The first-order chi connectivity index (χ1) is 7.84. The van der Waals surface area contributed by atoms with Gasteiger partial charge in [-0.15, -0.1) is 0 Å². The van der Waals surface area contributed by atoms with Gasteiger partial charge in [0.25, 0.3) is 0 Å². The lowest BCUT2D eigenvalue weighted by Gasteiger charge is -2.20. The quantitative estimate of drug-likeness (QED) is 0.528. The van der Waals surface area contributed by atoms with Crippen LogP contribution in [0.15, 0.2) is 0 Å². The van der Waals surface area contributed by atoms with E-state index in [1.807, 2.05) is 0 Å². The third kappa shape index (κ3) is 5.81. The van der Waals surface area contributed by atoms with Gasteiger partial charge in [-0.2, -0.15) is 17.8 Å². The minimum absolute atomic E-state index is 0.0772. The second-order valence-electron chi connectivity index (χ2n) is 3.59. The molecule has 0 spiro atoms. The topological polar surface area (TPSA) is 57.7 Å². The van der Waals surface area contributed by atoms with Crippen LogP contribution in [0.3, 0.4) is 0 Å². The van der Waals surface area contributed by atoms with Gasteiger partial charge >= 0.3 is 16.4 Å². The number of nitrogens with zero attached hydrogens (tertiary/aromatic N) is 2. The van der Waals surface area contributed by atoms with E-state index in [9.17, 15) is 21.6 Å². The summed E-state index contributed by atoms with van der Waals surface area (Å²) in [4.78, 5) is 11.4. The van der Waals surface area contributed by atoms with Crippen molar-refractivity contribution in [1.82, 2.24) is 9.43 Å². The van der Waals surface area contributed by atoms with Gasteiger partial charge in [0, 0.05) is 6.54 Å². The largest absolute Gasteiger partial charge is 0.403 e. The SMILES string of the molecule is CCCCN(F)C(=O)N(CCCC)S(=O)(=O)F. The molecule has 0 saturated carbocycles. The van der Waals surface area contributed by atoms with Crippen LogP contribution in [-0.4, -0.2) is 37.0 Å². The molecule has 0 bridgehead atoms. The molecule has 0 aromatic carbocycles. The molecule has 0 aromatic heterocycles. The molecule has 0 radical (unpaired) electrons. The molecule has 0 aromatic rings. The highest BCUT2D eigenvalue weighted by molar-refractivity contribution is 7.84. The van der Waals surface area contributed by atoms with E-state index < -0.39 is 16.4 Å². The Hall–Kier alpha value is -0.920. The summed E-state index contributed by atoms with van der Waals surface area (Å²) in [6, 6.07) is -1.46. The van der Waals surface area contributed by atoms with Crippen molar-refractivity contribution >= 4 is 16.4 Å². The Morgan fingerprint density at radius 1 is 1.12 bits per heavy atom. The highest BCUT2D eigenvalue weighted by Gasteiger charge is 2.30. The lowest BCUT2D eigenvalue weighted by atomic mass is 10.3. The first-order valence-corrected chi connectivity index (χ1v) is 6.88. The van der Waals surface area contributed by atoms with Crippen molar-refractivity contribution in [2.75, 3.05) is 13.1 Å². The van der Waals surface area contributed by atoms with Gasteiger partial charge in [0.15, 0.2) is 0 Å². The smallest absolute Gasteiger partial charge is 0.245 e. The zero-order valence-electron chi connectivity index (χ0n) is 10.0. The highest BCUT2D eigenvalue weighted by Crippen LogP contribution is 2.11. The number of carbonyl (C=O) groups excluding carboxylic acids is 1. The summed E-state index contributed by atoms with van der Waals surface area (Å²) >= 11 is 0. The predicted molar refractivity (Wildman–Crippen MR) is 59.8 cm³/mol. The maximum atomic E-state index is 13.2. The number of urea groups is 1. The summed E-state index contributed by atoms with van der Waals surface area (Å²) < 4.78 is 47.3. The molecule has 0 saturated heterocycles. The number of amides is 2. The van der Waals surface area contributed by atoms with Crippen LogP contribution < -0.4 is 0 Å². The van der Waals surface area contributed by atoms with Gasteiger partial charge < -0.3 is 0 Å². The third-order valence-electron chi connectivity index (χ3n) is 2.11. The molecule has 0 heterocycles. The fourth-order valence-corrected chi connectivity index (χ4v) is 1.74. The summed E-state index contributed by atoms with van der Waals surface area (Å²) in [6.45, 7) is 2.95. The molecule has 2 amide bonds. The summed E-state index contributed by atoms with van der Waals surface area (Å²) in [7, 11) is -5.20. The fraction of sp³-hybridized carbons (Fsp3) is 0.889. The Bertz CT molecular complexity index is 335. The van der Waals surface area contributed by atoms with Crippen molar-refractivity contribution < 1.29 is 21.6 Å². The molecule has 17 heavy (non-hydrogen) atoms. The van der Waals surface area contributed by atoms with Crippen LogP contribution in [0.2, 0.25) is 0 Å². The van der Waals surface area contributed by atoms with Crippen molar-refractivity contribution in [3.05, 3.63) is 0 Å². The molecule has 0 N–H and O–H groups in total. The van der Waals surface area contributed by atoms with Gasteiger partial charge in [0.2, 0.25) is 0 Å². The predicted octanol–water partition coefficient (Wildman–Crippen LogP) is 2.41. The molecular weight excluding hydrogens is 254 g/mol. The van der Waals surface area contributed by atoms with E-state index in [4.69, 9.17) is 0 Å². The van der Waals surface area contributed by atoms with E-state index in [0.29, 0.717) is 19.3 Å². The van der Waals surface area contributed by atoms with Crippen LogP contribution in [0.5, 0.6) is 0 Å². The average Bonchev–Trinajstić information content (AvgIpc) is 2.24. The first-order valence-electron chi connectivity index (χ1n) is 5.54. The highest BCUT2D eigenvalue weighted by atomic mass is 32.3. The lowest BCUT2D eigenvalue weighted by molar-refractivity contribution is 0.0517. The van der Waals surface area contributed by atoms with Crippen LogP contribution in [-0.2, 0) is 10.4 Å². The van der Waals surface area contributed by atoms with Gasteiger partial charge in [-0.1, -0.05) is 35.1 Å². The minimum atomic E-state index is -5.20. The van der Waals surface area contributed by atoms with Gasteiger partial charge in [-0.3, -0.25) is 0 Å². The van der Waals surface area contributed by atoms with E-state index >= 15 is 0 Å². The maximum absolute atomic E-state index is 13.2. The Labute approximate surface area is 101 Å². The number of hydrogen-bond acceptors (Lipinski definition) is 3. The molecule has 0 fully saturated rings. The number of halogens is 2. The molecule has 0 rings (SSSR count). The maximum Gasteiger partial charge on any atom is 0.403 e. The van der Waals surface area contributed by atoms with E-state index in [0.717, 1.165) is 0 Å². The molecule has 0 aliphatic rings. The molecule has 0 aliphatic heterocycles. The lowest BCUT2D eigenvalue weighted by Crippen LogP contribution is -2.42. The van der Waals surface area contributed by atoms with Gasteiger partial charge in [-0.05, 0) is 12.8 Å². The summed E-state index contributed by atoms with van der Waals surface area (Å²) in [5, 5.41) is -0.268. The minimum Gasteiger partial charge on any atom is -0.245 e. The van der Waals surface area contributed by atoms with Crippen molar-refractivity contribution in [2.24, 2.45) is 0 Å². The zero-order chi connectivity index (χ0) is 13.5. The number of hydrogen-bond donors (Lipinski definition) is 0. The van der Waals surface area contributed by atoms with Crippen LogP contribution in [0.1, 0.15) is 39.5 Å². The van der Waals surface area contributed by atoms with Crippen molar-refractivity contribution in [2.45, 2.75) is 39.5 Å². The first kappa shape index (κ1) is 16.1. The van der Waals surface area contributed by atoms with Gasteiger partial charge in [0.05, 0.1) is 6.54 Å². The van der Waals surface area contributed by atoms with Crippen LogP contribution in [0, 0.1) is 0 Å². The average molecular weight is 272 g/mol. The molecule has 102 valence electrons. The molecule has 8 heteroatoms. The van der Waals surface area contributed by atoms with E-state index in [1.165, 1.54) is 0 Å². The van der Waals surface area contributed by atoms with Crippen molar-refractivity contribution in [3.8, 4) is 0 Å². The zero-order valence-corrected chi connectivity index (χ0v) is 10.8. The van der Waals surface area contributed by atoms with E-state index in [2.05, 4.69) is 0 Å². The fourth-order valence-electron chi connectivity index (χ4n) is 1.11. The molecule has 0 aliphatic carbocycles. The number of carbonyl (C=O) groups is 1. The van der Waals surface area contributed by atoms with Crippen LogP contribution >= 0.6 is 0 Å². The Morgan fingerprint density at radius 2 is 1.59 bits per heavy atom. The molecule has 0 unspecified atom stereocenters. The van der Waals surface area contributed by atoms with Crippen LogP contribution in [0.4, 0.5) is 13.2 Å². The second-order valence-corrected chi connectivity index (χ2v) is 4.85. The van der Waals surface area contributed by atoms with E-state index in [-0.39, 0.29) is 28.9 Å². The summed E-state index contributed by atoms with van der Waals surface area (Å²) in [5.41, 5.74) is 0. The summed E-state index contributed by atoms with van der Waals surface area (Å²) in [6.07, 6.45) is 1.89. The van der Waals surface area contributed by atoms with Crippen molar-refractivity contribution in [1.29, 1.82) is 0 Å². The van der Waals surface area contributed by atoms with Gasteiger partial charge in [0.1, 0.15) is 0 Å². The molecular formula is C9H18F2N2O3S. The number of unbranched alkanes of at least 4 members (excludes halogenated alkanes) is 2. The normalized spacial score (nSPS) is 11.3. The van der Waals surface area contributed by atoms with Gasteiger partial charge in [-0.25, -0.2) is 4.79 Å². The molecule has 5 nitrogen and oxygen atoms in total.